The van der Waals surface area contributed by atoms with Crippen LogP contribution in [0, 0.1) is 0 Å². The summed E-state index contributed by atoms with van der Waals surface area (Å²) in [4.78, 5) is 12.4. The van der Waals surface area contributed by atoms with E-state index in [0.29, 0.717) is 0 Å². The van der Waals surface area contributed by atoms with Gasteiger partial charge in [0.2, 0.25) is 5.28 Å². The zero-order valence-corrected chi connectivity index (χ0v) is 9.18. The lowest BCUT2D eigenvalue weighted by Gasteiger charge is -2.16. The van der Waals surface area contributed by atoms with Gasteiger partial charge in [0.1, 0.15) is 11.6 Å². The maximum absolute atomic E-state index is 5.77. The maximum Gasteiger partial charge on any atom is 0.225 e. The molecule has 0 radical (unpaired) electrons. The van der Waals surface area contributed by atoms with Gasteiger partial charge in [0.25, 0.3) is 0 Å². The van der Waals surface area contributed by atoms with E-state index < -0.39 is 0 Å². The summed E-state index contributed by atoms with van der Waals surface area (Å²) >= 11 is 5.77. The van der Waals surface area contributed by atoms with Crippen LogP contribution in [0.15, 0.2) is 0 Å². The van der Waals surface area contributed by atoms with Crippen LogP contribution >= 0.6 is 11.6 Å². The molecule has 3 nitrogen and oxygen atoms in total. The number of aromatic nitrogens is 3. The van der Waals surface area contributed by atoms with Gasteiger partial charge in [-0.05, 0) is 11.6 Å². The predicted molar refractivity (Wildman–Crippen MR) is 52.9 cm³/mol. The van der Waals surface area contributed by atoms with Gasteiger partial charge in [-0.3, -0.25) is 0 Å². The van der Waals surface area contributed by atoms with Crippen molar-refractivity contribution >= 4 is 11.6 Å². The summed E-state index contributed by atoms with van der Waals surface area (Å²) < 4.78 is 0. The average molecular weight is 200 g/mol. The molecule has 0 aromatic carbocycles. The average Bonchev–Trinajstić information content (AvgIpc) is 2.01. The smallest absolute Gasteiger partial charge is 0.217 e. The van der Waals surface area contributed by atoms with E-state index in [1.165, 1.54) is 0 Å². The van der Waals surface area contributed by atoms with E-state index >= 15 is 0 Å². The van der Waals surface area contributed by atoms with Crippen LogP contribution in [0.2, 0.25) is 5.28 Å². The van der Waals surface area contributed by atoms with Crippen LogP contribution in [-0.2, 0) is 11.8 Å². The molecule has 0 aliphatic heterocycles. The molecule has 0 atom stereocenters. The van der Waals surface area contributed by atoms with E-state index in [9.17, 15) is 0 Å². The summed E-state index contributed by atoms with van der Waals surface area (Å²) in [5.74, 6) is 1.51. The van der Waals surface area contributed by atoms with Crippen LogP contribution in [0.5, 0.6) is 0 Å². The molecule has 0 saturated carbocycles. The molecule has 1 aromatic heterocycles. The number of rotatable bonds is 1. The topological polar surface area (TPSA) is 38.7 Å². The highest BCUT2D eigenvalue weighted by Crippen LogP contribution is 2.18. The lowest BCUT2D eigenvalue weighted by Crippen LogP contribution is -2.18. The van der Waals surface area contributed by atoms with Gasteiger partial charge in [0.15, 0.2) is 0 Å². The van der Waals surface area contributed by atoms with Crippen LogP contribution < -0.4 is 0 Å². The quantitative estimate of drug-likeness (QED) is 0.697. The molecule has 0 unspecified atom stereocenters. The lowest BCUT2D eigenvalue weighted by molar-refractivity contribution is 0.536. The van der Waals surface area contributed by atoms with E-state index in [2.05, 4.69) is 35.7 Å². The Morgan fingerprint density at radius 2 is 1.77 bits per heavy atom. The minimum absolute atomic E-state index is 0.0729. The SMILES string of the molecule is CCc1nc(Cl)nc(C(C)(C)C)n1. The number of nitrogens with zero attached hydrogens (tertiary/aromatic N) is 3. The molecule has 0 fully saturated rings. The van der Waals surface area contributed by atoms with Crippen molar-refractivity contribution in [3.8, 4) is 0 Å². The van der Waals surface area contributed by atoms with Gasteiger partial charge in [-0.1, -0.05) is 27.7 Å². The van der Waals surface area contributed by atoms with Crippen molar-refractivity contribution < 1.29 is 0 Å². The Morgan fingerprint density at radius 3 is 2.23 bits per heavy atom. The molecule has 0 bridgehead atoms. The van der Waals surface area contributed by atoms with Gasteiger partial charge >= 0.3 is 0 Å². The fourth-order valence-electron chi connectivity index (χ4n) is 0.885. The maximum atomic E-state index is 5.77. The van der Waals surface area contributed by atoms with E-state index in [1.54, 1.807) is 0 Å². The van der Waals surface area contributed by atoms with Gasteiger partial charge in [0.05, 0.1) is 0 Å². The van der Waals surface area contributed by atoms with Crippen molar-refractivity contribution in [3.05, 3.63) is 16.9 Å². The highest BCUT2D eigenvalue weighted by atomic mass is 35.5. The first-order valence-corrected chi connectivity index (χ1v) is 4.72. The molecule has 0 aliphatic carbocycles. The third-order valence-corrected chi connectivity index (χ3v) is 1.81. The molecule has 0 spiro atoms. The third-order valence-electron chi connectivity index (χ3n) is 1.64. The van der Waals surface area contributed by atoms with E-state index in [0.717, 1.165) is 18.1 Å². The molecule has 4 heteroatoms. The molecule has 0 N–H and O–H groups in total. The molecule has 0 saturated heterocycles. The van der Waals surface area contributed by atoms with Gasteiger partial charge in [-0.15, -0.1) is 0 Å². The summed E-state index contributed by atoms with van der Waals surface area (Å²) in [6.07, 6.45) is 0.783. The Hall–Kier alpha value is -0.700. The normalized spacial score (nSPS) is 11.8. The highest BCUT2D eigenvalue weighted by molar-refractivity contribution is 6.28. The highest BCUT2D eigenvalue weighted by Gasteiger charge is 2.18. The first kappa shape index (κ1) is 10.4. The predicted octanol–water partition coefficient (Wildman–Crippen LogP) is 2.38. The zero-order chi connectivity index (χ0) is 10.1. The summed E-state index contributed by atoms with van der Waals surface area (Å²) in [6, 6.07) is 0. The first-order chi connectivity index (χ1) is 5.93. The van der Waals surface area contributed by atoms with Gasteiger partial charge in [-0.2, -0.15) is 0 Å². The second-order valence-electron chi connectivity index (χ2n) is 3.95. The summed E-state index contributed by atoms with van der Waals surface area (Å²) in [5, 5.41) is 0.289. The minimum atomic E-state index is -0.0729. The van der Waals surface area contributed by atoms with Crippen LogP contribution in [0.1, 0.15) is 39.3 Å². The van der Waals surface area contributed by atoms with E-state index in [1.807, 2.05) is 6.92 Å². The molecule has 13 heavy (non-hydrogen) atoms. The largest absolute Gasteiger partial charge is 0.225 e. The molecular formula is C9H14ClN3. The molecule has 1 rings (SSSR count). The Morgan fingerprint density at radius 1 is 1.15 bits per heavy atom. The number of halogens is 1. The summed E-state index contributed by atoms with van der Waals surface area (Å²) in [7, 11) is 0. The van der Waals surface area contributed by atoms with Crippen molar-refractivity contribution in [2.75, 3.05) is 0 Å². The number of hydrogen-bond acceptors (Lipinski definition) is 3. The monoisotopic (exact) mass is 199 g/mol. The molecule has 0 amide bonds. The van der Waals surface area contributed by atoms with Crippen LogP contribution in [-0.4, -0.2) is 15.0 Å². The minimum Gasteiger partial charge on any atom is -0.217 e. The van der Waals surface area contributed by atoms with Crippen molar-refractivity contribution in [2.45, 2.75) is 39.5 Å². The fourth-order valence-corrected chi connectivity index (χ4v) is 1.06. The number of aryl methyl sites for hydroxylation is 1. The molecular weight excluding hydrogens is 186 g/mol. The second-order valence-corrected chi connectivity index (χ2v) is 4.29. The number of hydrogen-bond donors (Lipinski definition) is 0. The van der Waals surface area contributed by atoms with Crippen molar-refractivity contribution in [1.82, 2.24) is 15.0 Å². The molecule has 72 valence electrons. The third kappa shape index (κ3) is 2.62. The molecule has 0 aliphatic rings. The van der Waals surface area contributed by atoms with Crippen LogP contribution in [0.25, 0.3) is 0 Å². The van der Waals surface area contributed by atoms with Crippen molar-refractivity contribution in [2.24, 2.45) is 0 Å². The Bertz CT molecular complexity index is 304. The Kier molecular flexibility index (Phi) is 2.86. The van der Waals surface area contributed by atoms with Crippen LogP contribution in [0.4, 0.5) is 0 Å². The van der Waals surface area contributed by atoms with E-state index in [4.69, 9.17) is 11.6 Å². The van der Waals surface area contributed by atoms with Crippen LogP contribution in [0.3, 0.4) is 0 Å². The standard InChI is InChI=1S/C9H14ClN3/c1-5-6-11-7(9(2,3)4)13-8(10)12-6/h5H2,1-4H3. The molecule has 1 heterocycles. The Labute approximate surface area is 83.6 Å². The summed E-state index contributed by atoms with van der Waals surface area (Å²) in [6.45, 7) is 8.16. The lowest BCUT2D eigenvalue weighted by atomic mass is 9.96. The van der Waals surface area contributed by atoms with Gasteiger partial charge < -0.3 is 0 Å². The summed E-state index contributed by atoms with van der Waals surface area (Å²) in [5.41, 5.74) is -0.0729. The van der Waals surface area contributed by atoms with E-state index in [-0.39, 0.29) is 10.7 Å². The van der Waals surface area contributed by atoms with Crippen molar-refractivity contribution in [3.63, 3.8) is 0 Å². The molecule has 1 aromatic rings. The zero-order valence-electron chi connectivity index (χ0n) is 8.43. The van der Waals surface area contributed by atoms with Crippen molar-refractivity contribution in [1.29, 1.82) is 0 Å². The second kappa shape index (κ2) is 3.58. The van der Waals surface area contributed by atoms with Gasteiger partial charge in [0, 0.05) is 11.8 Å². The Balaban J connectivity index is 3.16. The fraction of sp³-hybridized carbons (Fsp3) is 0.667. The first-order valence-electron chi connectivity index (χ1n) is 4.34. The van der Waals surface area contributed by atoms with Gasteiger partial charge in [-0.25, -0.2) is 15.0 Å².